The number of nitrogens with zero attached hydrogens (tertiary/aromatic N) is 7. The summed E-state index contributed by atoms with van der Waals surface area (Å²) in [5.41, 5.74) is 2.41. The van der Waals surface area contributed by atoms with Crippen molar-refractivity contribution in [1.82, 2.24) is 34.6 Å². The molecule has 38 heavy (non-hydrogen) atoms. The number of alkyl halides is 1. The highest BCUT2D eigenvalue weighted by Crippen LogP contribution is 2.26. The van der Waals surface area contributed by atoms with Crippen LogP contribution in [0.3, 0.4) is 0 Å². The fourth-order valence-electron chi connectivity index (χ4n) is 4.56. The van der Waals surface area contributed by atoms with E-state index in [4.69, 9.17) is 0 Å². The average Bonchev–Trinajstić information content (AvgIpc) is 3.45. The summed E-state index contributed by atoms with van der Waals surface area (Å²) < 4.78 is 16.4. The summed E-state index contributed by atoms with van der Waals surface area (Å²) in [4.78, 5) is 57.1. The molecule has 4 aromatic rings. The van der Waals surface area contributed by atoms with Crippen LogP contribution in [-0.2, 0) is 22.6 Å². The topological polar surface area (TPSA) is 124 Å². The van der Waals surface area contributed by atoms with E-state index in [0.717, 1.165) is 0 Å². The summed E-state index contributed by atoms with van der Waals surface area (Å²) in [7, 11) is 0. The zero-order valence-electron chi connectivity index (χ0n) is 20.6. The van der Waals surface area contributed by atoms with Gasteiger partial charge in [-0.2, -0.15) is 5.10 Å². The van der Waals surface area contributed by atoms with E-state index in [0.29, 0.717) is 38.3 Å². The molecule has 5 heterocycles. The van der Waals surface area contributed by atoms with Gasteiger partial charge in [-0.25, -0.2) is 19.3 Å². The number of carbonyl (C=O) groups is 3. The van der Waals surface area contributed by atoms with Gasteiger partial charge < -0.3 is 4.90 Å². The second-order valence-corrected chi connectivity index (χ2v) is 9.97. The molecule has 1 fully saturated rings. The molecule has 12 heteroatoms. The number of Topliss-reactive ketones (excluding diaryl/α,β-unsaturated/α-hetero) is 2. The molecule has 0 radical (unpaired) electrons. The van der Waals surface area contributed by atoms with Gasteiger partial charge in [-0.05, 0) is 41.1 Å². The van der Waals surface area contributed by atoms with Crippen molar-refractivity contribution in [2.24, 2.45) is 0 Å². The Labute approximate surface area is 225 Å². The van der Waals surface area contributed by atoms with Crippen molar-refractivity contribution in [3.8, 4) is 11.3 Å². The number of pyridine rings is 2. The van der Waals surface area contributed by atoms with Crippen molar-refractivity contribution in [2.45, 2.75) is 45.4 Å². The molecule has 2 atom stereocenters. The number of aromatic nitrogens is 6. The number of rotatable bonds is 7. The van der Waals surface area contributed by atoms with Crippen molar-refractivity contribution < 1.29 is 18.8 Å². The summed E-state index contributed by atoms with van der Waals surface area (Å²) >= 11 is 3.28. The molecule has 1 aliphatic heterocycles. The van der Waals surface area contributed by atoms with Crippen LogP contribution in [-0.4, -0.2) is 70.8 Å². The molecule has 0 unspecified atom stereocenters. The van der Waals surface area contributed by atoms with E-state index in [-0.39, 0.29) is 43.2 Å². The lowest BCUT2D eigenvalue weighted by Crippen LogP contribution is -2.43. The van der Waals surface area contributed by atoms with Gasteiger partial charge in [0.15, 0.2) is 11.6 Å². The minimum atomic E-state index is -1.31. The third kappa shape index (κ3) is 5.21. The zero-order chi connectivity index (χ0) is 27.0. The number of amides is 1. The first kappa shape index (κ1) is 25.7. The number of likely N-dealkylation sites (tertiary alicyclic amines) is 1. The normalized spacial score (nSPS) is 17.2. The number of ketones is 2. The van der Waals surface area contributed by atoms with E-state index in [9.17, 15) is 18.8 Å². The van der Waals surface area contributed by atoms with Crippen molar-refractivity contribution >= 4 is 44.3 Å². The predicted octanol–water partition coefficient (Wildman–Crippen LogP) is 3.31. The molecule has 10 nitrogen and oxygen atoms in total. The first-order chi connectivity index (χ1) is 18.2. The Morgan fingerprint density at radius 1 is 1.13 bits per heavy atom. The van der Waals surface area contributed by atoms with Crippen LogP contribution < -0.4 is 0 Å². The second-order valence-electron chi connectivity index (χ2n) is 9.16. The summed E-state index contributed by atoms with van der Waals surface area (Å²) in [5, 5.41) is 4.89. The molecular weight excluding hydrogens is 557 g/mol. The largest absolute Gasteiger partial charge is 0.328 e. The Balaban J connectivity index is 1.41. The van der Waals surface area contributed by atoms with Crippen LogP contribution in [0.2, 0.25) is 0 Å². The fourth-order valence-corrected chi connectivity index (χ4v) is 4.95. The number of aryl methyl sites for hydroxylation is 1. The van der Waals surface area contributed by atoms with Gasteiger partial charge in [0.05, 0.1) is 36.4 Å². The molecule has 194 valence electrons. The van der Waals surface area contributed by atoms with Gasteiger partial charge in [0.1, 0.15) is 28.8 Å². The first-order valence-electron chi connectivity index (χ1n) is 11.9. The molecule has 0 bridgehead atoms. The molecule has 0 aromatic carbocycles. The van der Waals surface area contributed by atoms with Crippen LogP contribution in [0.5, 0.6) is 0 Å². The van der Waals surface area contributed by atoms with Crippen LogP contribution in [0.15, 0.2) is 47.5 Å². The Kier molecular flexibility index (Phi) is 7.06. The monoisotopic (exact) mass is 579 g/mol. The highest BCUT2D eigenvalue weighted by atomic mass is 79.9. The molecule has 1 saturated heterocycles. The Bertz CT molecular complexity index is 1560. The summed E-state index contributed by atoms with van der Waals surface area (Å²) in [6.07, 6.45) is 3.40. The van der Waals surface area contributed by atoms with E-state index in [1.807, 2.05) is 0 Å². The Hall–Kier alpha value is -3.93. The molecule has 5 rings (SSSR count). The van der Waals surface area contributed by atoms with E-state index < -0.39 is 18.1 Å². The molecule has 0 spiro atoms. The maximum atomic E-state index is 14.4. The van der Waals surface area contributed by atoms with Gasteiger partial charge in [0, 0.05) is 42.4 Å². The molecule has 0 saturated carbocycles. The lowest BCUT2D eigenvalue weighted by molar-refractivity contribution is -0.138. The maximum Gasteiger partial charge on any atom is 0.245 e. The van der Waals surface area contributed by atoms with Crippen molar-refractivity contribution in [3.05, 3.63) is 64.7 Å². The SMILES string of the molecule is CC(=O)c1nn(CC(=O)N2C[C@H](F)C[C@H]2C(=O)Cc2cccc(Br)n2)c2cnc(-c3cnc(C)nc3)cc12. The third-order valence-corrected chi connectivity index (χ3v) is 6.84. The fraction of sp³-hybridized carbons (Fsp3) is 0.308. The minimum absolute atomic E-state index is 0.0186. The minimum Gasteiger partial charge on any atom is -0.328 e. The van der Waals surface area contributed by atoms with Gasteiger partial charge in [0.2, 0.25) is 5.91 Å². The average molecular weight is 580 g/mol. The predicted molar refractivity (Wildman–Crippen MR) is 139 cm³/mol. The highest BCUT2D eigenvalue weighted by Gasteiger charge is 2.39. The van der Waals surface area contributed by atoms with Crippen molar-refractivity contribution in [1.29, 1.82) is 0 Å². The number of carbonyl (C=O) groups excluding carboxylic acids is 3. The second kappa shape index (κ2) is 10.4. The van der Waals surface area contributed by atoms with E-state index in [1.165, 1.54) is 22.7 Å². The molecule has 1 amide bonds. The first-order valence-corrected chi connectivity index (χ1v) is 12.7. The van der Waals surface area contributed by atoms with E-state index in [2.05, 4.69) is 41.0 Å². The standard InChI is InChI=1S/C26H23BrFN7O3/c1-14(36)26-19-8-20(16-9-29-15(2)30-10-16)31-11-22(19)35(33-26)13-25(38)34-12-17(28)6-21(34)23(37)7-18-4-3-5-24(27)32-18/h3-5,8-11,17,21H,6-7,12-13H2,1-2H3/t17-,21+/m1/s1. The van der Waals surface area contributed by atoms with Gasteiger partial charge in [-0.1, -0.05) is 6.07 Å². The van der Waals surface area contributed by atoms with E-state index in [1.54, 1.807) is 43.6 Å². The number of halogens is 2. The van der Waals surface area contributed by atoms with Gasteiger partial charge >= 0.3 is 0 Å². The smallest absolute Gasteiger partial charge is 0.245 e. The van der Waals surface area contributed by atoms with Crippen LogP contribution in [0, 0.1) is 6.92 Å². The Morgan fingerprint density at radius 2 is 1.89 bits per heavy atom. The zero-order valence-corrected chi connectivity index (χ0v) is 22.2. The summed E-state index contributed by atoms with van der Waals surface area (Å²) in [6, 6.07) is 6.01. The van der Waals surface area contributed by atoms with E-state index >= 15 is 0 Å². The summed E-state index contributed by atoms with van der Waals surface area (Å²) in [6.45, 7) is 2.71. The van der Waals surface area contributed by atoms with Crippen LogP contribution in [0.1, 0.15) is 35.4 Å². The highest BCUT2D eigenvalue weighted by molar-refractivity contribution is 9.10. The Morgan fingerprint density at radius 3 is 2.61 bits per heavy atom. The number of fused-ring (bicyclic) bond motifs is 1. The maximum absolute atomic E-state index is 14.4. The quantitative estimate of drug-likeness (QED) is 0.241. The van der Waals surface area contributed by atoms with Crippen molar-refractivity contribution in [3.63, 3.8) is 0 Å². The van der Waals surface area contributed by atoms with Gasteiger partial charge in [-0.15, -0.1) is 0 Å². The van der Waals surface area contributed by atoms with Crippen molar-refractivity contribution in [2.75, 3.05) is 6.54 Å². The molecule has 0 aliphatic carbocycles. The van der Waals surface area contributed by atoms with Crippen LogP contribution in [0.4, 0.5) is 4.39 Å². The van der Waals surface area contributed by atoms with Crippen LogP contribution >= 0.6 is 15.9 Å². The molecular formula is C26H23BrFN7O3. The number of hydrogen-bond acceptors (Lipinski definition) is 8. The lowest BCUT2D eigenvalue weighted by atomic mass is 10.0. The molecule has 1 aliphatic rings. The third-order valence-electron chi connectivity index (χ3n) is 6.40. The number of hydrogen-bond donors (Lipinski definition) is 0. The molecule has 4 aromatic heterocycles. The lowest BCUT2D eigenvalue weighted by Gasteiger charge is -2.23. The van der Waals surface area contributed by atoms with Gasteiger partial charge in [0.25, 0.3) is 0 Å². The van der Waals surface area contributed by atoms with Crippen LogP contribution in [0.25, 0.3) is 22.2 Å². The summed E-state index contributed by atoms with van der Waals surface area (Å²) in [5.74, 6) is -0.419. The van der Waals surface area contributed by atoms with Gasteiger partial charge in [-0.3, -0.25) is 24.0 Å². The molecule has 0 N–H and O–H groups in total.